The van der Waals surface area contributed by atoms with Crippen LogP contribution in [0, 0.1) is 0 Å². The number of likely N-dealkylation sites (N-methyl/N-ethyl adjacent to an activating group) is 1. The lowest BCUT2D eigenvalue weighted by atomic mass is 9.86. The normalized spacial score (nSPS) is 16.6. The van der Waals surface area contributed by atoms with E-state index in [9.17, 15) is 0 Å². The second kappa shape index (κ2) is 6.81. The number of aryl methyl sites for hydroxylation is 1. The van der Waals surface area contributed by atoms with E-state index in [0.29, 0.717) is 0 Å². The predicted molar refractivity (Wildman–Crippen MR) is 82.1 cm³/mol. The van der Waals surface area contributed by atoms with Crippen LogP contribution in [0.15, 0.2) is 4.60 Å². The van der Waals surface area contributed by atoms with Gasteiger partial charge < -0.3 is 10.2 Å². The van der Waals surface area contributed by atoms with E-state index in [0.717, 1.165) is 29.7 Å². The molecule has 0 aromatic carbocycles. The van der Waals surface area contributed by atoms with E-state index in [4.69, 9.17) is 0 Å². The van der Waals surface area contributed by atoms with Crippen LogP contribution in [0.5, 0.6) is 0 Å². The van der Waals surface area contributed by atoms with E-state index in [-0.39, 0.29) is 11.6 Å². The molecule has 0 fully saturated rings. The molecule has 1 heterocycles. The fraction of sp³-hybridized carbons (Fsp3) is 0.846. The zero-order valence-electron chi connectivity index (χ0n) is 12.9. The molecule has 0 aliphatic heterocycles. The van der Waals surface area contributed by atoms with Crippen LogP contribution in [0.3, 0.4) is 0 Å². The zero-order chi connectivity index (χ0) is 14.6. The number of halogens is 1. The molecule has 2 unspecified atom stereocenters. The molecule has 6 heteroatoms. The Hall–Kier alpha value is -0.460. The van der Waals surface area contributed by atoms with Gasteiger partial charge in [0.2, 0.25) is 0 Å². The molecule has 2 atom stereocenters. The molecule has 0 saturated carbocycles. The molecule has 110 valence electrons. The number of aromatic nitrogens is 3. The SMILES string of the molecule is CCCNC(c1c(Br)nnn1C)C(C)(CC)N(C)C. The van der Waals surface area contributed by atoms with Crippen molar-refractivity contribution in [1.82, 2.24) is 25.2 Å². The molecule has 0 spiro atoms. The van der Waals surface area contributed by atoms with Gasteiger partial charge >= 0.3 is 0 Å². The number of nitrogens with one attached hydrogen (secondary N) is 1. The minimum atomic E-state index is 0.00711. The first-order chi connectivity index (χ1) is 8.88. The van der Waals surface area contributed by atoms with Gasteiger partial charge in [-0.25, -0.2) is 4.68 Å². The van der Waals surface area contributed by atoms with Crippen molar-refractivity contribution in [3.8, 4) is 0 Å². The molecule has 1 aromatic heterocycles. The Morgan fingerprint density at radius 3 is 2.42 bits per heavy atom. The molecule has 0 aliphatic carbocycles. The van der Waals surface area contributed by atoms with Crippen LogP contribution in [-0.4, -0.2) is 46.1 Å². The van der Waals surface area contributed by atoms with Gasteiger partial charge in [0.1, 0.15) is 0 Å². The monoisotopic (exact) mass is 331 g/mol. The van der Waals surface area contributed by atoms with Gasteiger partial charge in [0.25, 0.3) is 0 Å². The summed E-state index contributed by atoms with van der Waals surface area (Å²) in [5.74, 6) is 0. The topological polar surface area (TPSA) is 46.0 Å². The molecule has 0 amide bonds. The lowest BCUT2D eigenvalue weighted by molar-refractivity contribution is 0.108. The third-order valence-electron chi connectivity index (χ3n) is 4.06. The molecule has 0 radical (unpaired) electrons. The zero-order valence-corrected chi connectivity index (χ0v) is 14.5. The average molecular weight is 332 g/mol. The fourth-order valence-electron chi connectivity index (χ4n) is 2.32. The highest BCUT2D eigenvalue weighted by molar-refractivity contribution is 9.10. The molecule has 19 heavy (non-hydrogen) atoms. The highest BCUT2D eigenvalue weighted by Crippen LogP contribution is 2.35. The Kier molecular flexibility index (Phi) is 5.95. The Morgan fingerprint density at radius 1 is 1.42 bits per heavy atom. The van der Waals surface area contributed by atoms with Crippen LogP contribution in [0.2, 0.25) is 0 Å². The van der Waals surface area contributed by atoms with E-state index in [2.05, 4.69) is 71.3 Å². The lowest BCUT2D eigenvalue weighted by Crippen LogP contribution is -2.52. The van der Waals surface area contributed by atoms with Crippen molar-refractivity contribution in [2.75, 3.05) is 20.6 Å². The molecule has 0 saturated heterocycles. The first kappa shape index (κ1) is 16.6. The van der Waals surface area contributed by atoms with E-state index < -0.39 is 0 Å². The number of hydrogen-bond donors (Lipinski definition) is 1. The lowest BCUT2D eigenvalue weighted by Gasteiger charge is -2.43. The summed E-state index contributed by atoms with van der Waals surface area (Å²) >= 11 is 3.53. The van der Waals surface area contributed by atoms with Gasteiger partial charge in [0, 0.05) is 12.6 Å². The van der Waals surface area contributed by atoms with E-state index in [1.807, 2.05) is 11.7 Å². The molecule has 1 aromatic rings. The summed E-state index contributed by atoms with van der Waals surface area (Å²) in [6.07, 6.45) is 2.14. The number of nitrogens with zero attached hydrogens (tertiary/aromatic N) is 4. The maximum Gasteiger partial charge on any atom is 0.153 e. The van der Waals surface area contributed by atoms with Crippen LogP contribution < -0.4 is 5.32 Å². The van der Waals surface area contributed by atoms with Gasteiger partial charge in [-0.2, -0.15) is 0 Å². The molecular formula is C13H26BrN5. The second-order valence-electron chi connectivity index (χ2n) is 5.38. The maximum absolute atomic E-state index is 4.12. The quantitative estimate of drug-likeness (QED) is 0.833. The average Bonchev–Trinajstić information content (AvgIpc) is 2.70. The summed E-state index contributed by atoms with van der Waals surface area (Å²) in [5, 5.41) is 11.9. The molecule has 0 aliphatic rings. The minimum absolute atomic E-state index is 0.00711. The van der Waals surface area contributed by atoms with E-state index in [1.165, 1.54) is 0 Å². The first-order valence-corrected chi connectivity index (χ1v) is 7.63. The Balaban J connectivity index is 3.21. The van der Waals surface area contributed by atoms with Gasteiger partial charge in [-0.3, -0.25) is 0 Å². The van der Waals surface area contributed by atoms with Crippen molar-refractivity contribution >= 4 is 15.9 Å². The van der Waals surface area contributed by atoms with Crippen molar-refractivity contribution in [2.45, 2.75) is 45.2 Å². The molecular weight excluding hydrogens is 306 g/mol. The van der Waals surface area contributed by atoms with Crippen molar-refractivity contribution in [2.24, 2.45) is 7.05 Å². The van der Waals surface area contributed by atoms with Crippen LogP contribution >= 0.6 is 15.9 Å². The molecule has 5 nitrogen and oxygen atoms in total. The van der Waals surface area contributed by atoms with Crippen LogP contribution in [0.1, 0.15) is 45.3 Å². The van der Waals surface area contributed by atoms with Crippen LogP contribution in [0.4, 0.5) is 0 Å². The summed E-state index contributed by atoms with van der Waals surface area (Å²) in [5.41, 5.74) is 1.11. The minimum Gasteiger partial charge on any atom is -0.307 e. The Labute approximate surface area is 124 Å². The summed E-state index contributed by atoms with van der Waals surface area (Å²) < 4.78 is 2.68. The number of hydrogen-bond acceptors (Lipinski definition) is 4. The molecule has 1 N–H and O–H groups in total. The highest BCUT2D eigenvalue weighted by Gasteiger charge is 2.38. The Morgan fingerprint density at radius 2 is 2.05 bits per heavy atom. The summed E-state index contributed by atoms with van der Waals surface area (Å²) in [6, 6.07) is 0.182. The second-order valence-corrected chi connectivity index (χ2v) is 6.13. The Bertz CT molecular complexity index is 384. The highest BCUT2D eigenvalue weighted by atomic mass is 79.9. The summed E-state index contributed by atoms with van der Waals surface area (Å²) in [7, 11) is 6.20. The van der Waals surface area contributed by atoms with Crippen molar-refractivity contribution in [3.63, 3.8) is 0 Å². The van der Waals surface area contributed by atoms with Gasteiger partial charge in [-0.15, -0.1) is 5.10 Å². The van der Waals surface area contributed by atoms with Crippen LogP contribution in [-0.2, 0) is 7.05 Å². The van der Waals surface area contributed by atoms with Crippen molar-refractivity contribution in [1.29, 1.82) is 0 Å². The van der Waals surface area contributed by atoms with Gasteiger partial charge in [0.15, 0.2) is 4.60 Å². The van der Waals surface area contributed by atoms with E-state index >= 15 is 0 Å². The summed E-state index contributed by atoms with van der Waals surface area (Å²) in [4.78, 5) is 2.28. The van der Waals surface area contributed by atoms with Gasteiger partial charge in [0.05, 0.1) is 11.7 Å². The predicted octanol–water partition coefficient (Wildman–Crippen LogP) is 2.35. The smallest absolute Gasteiger partial charge is 0.153 e. The molecule has 1 rings (SSSR count). The standard InChI is InChI=1S/C13H26BrN5/c1-7-9-15-11(13(3,8-2)18(4)5)10-12(14)16-17-19(10)6/h11,15H,7-9H2,1-6H3. The third kappa shape index (κ3) is 3.35. The van der Waals surface area contributed by atoms with E-state index in [1.54, 1.807) is 0 Å². The van der Waals surface area contributed by atoms with Gasteiger partial charge in [-0.05, 0) is 56.3 Å². The fourth-order valence-corrected chi connectivity index (χ4v) is 2.88. The number of rotatable bonds is 7. The largest absolute Gasteiger partial charge is 0.307 e. The van der Waals surface area contributed by atoms with Crippen molar-refractivity contribution < 1.29 is 0 Å². The van der Waals surface area contributed by atoms with Crippen molar-refractivity contribution in [3.05, 3.63) is 10.3 Å². The molecule has 0 bridgehead atoms. The third-order valence-corrected chi connectivity index (χ3v) is 4.62. The summed E-state index contributed by atoms with van der Waals surface area (Å²) in [6.45, 7) is 7.66. The van der Waals surface area contributed by atoms with Crippen LogP contribution in [0.25, 0.3) is 0 Å². The van der Waals surface area contributed by atoms with Gasteiger partial charge in [-0.1, -0.05) is 19.1 Å². The first-order valence-electron chi connectivity index (χ1n) is 6.84. The maximum atomic E-state index is 4.12.